The van der Waals surface area contributed by atoms with Crippen molar-refractivity contribution in [3.63, 3.8) is 0 Å². The number of benzene rings is 1. The predicted molar refractivity (Wildman–Crippen MR) is 118 cm³/mol. The molecule has 5 rings (SSSR count). The quantitative estimate of drug-likeness (QED) is 0.476. The minimum absolute atomic E-state index is 0.145. The van der Waals surface area contributed by atoms with Crippen LogP contribution in [0.1, 0.15) is 11.4 Å². The number of rotatable bonds is 2. The molecule has 0 spiro atoms. The highest BCUT2D eigenvalue weighted by Crippen LogP contribution is 2.31. The van der Waals surface area contributed by atoms with E-state index in [0.717, 1.165) is 39.1 Å². The van der Waals surface area contributed by atoms with Crippen LogP contribution in [0.4, 0.5) is 10.2 Å². The molecule has 0 aliphatic carbocycles. The first-order valence-corrected chi connectivity index (χ1v) is 9.70. The van der Waals surface area contributed by atoms with Gasteiger partial charge in [-0.15, -0.1) is 0 Å². The van der Waals surface area contributed by atoms with E-state index in [2.05, 4.69) is 15.1 Å². The van der Waals surface area contributed by atoms with E-state index in [1.165, 1.54) is 12.3 Å². The van der Waals surface area contributed by atoms with Crippen LogP contribution < -0.4 is 11.4 Å². The van der Waals surface area contributed by atoms with Gasteiger partial charge in [-0.05, 0) is 37.6 Å². The average molecular weight is 417 g/mol. The molecular weight excluding hydrogens is 397 g/mol. The van der Waals surface area contributed by atoms with Crippen molar-refractivity contribution >= 4 is 27.8 Å². The van der Waals surface area contributed by atoms with Crippen molar-refractivity contribution in [2.45, 2.75) is 13.8 Å². The van der Waals surface area contributed by atoms with Gasteiger partial charge in [0.1, 0.15) is 0 Å². The molecule has 0 saturated carbocycles. The van der Waals surface area contributed by atoms with Crippen LogP contribution in [0.15, 0.2) is 41.5 Å². The van der Waals surface area contributed by atoms with Gasteiger partial charge >= 0.3 is 5.69 Å². The van der Waals surface area contributed by atoms with Crippen LogP contribution in [0.2, 0.25) is 0 Å². The molecule has 0 unspecified atom stereocenters. The summed E-state index contributed by atoms with van der Waals surface area (Å²) in [6, 6.07) is 6.95. The molecule has 8 nitrogen and oxygen atoms in total. The van der Waals surface area contributed by atoms with Gasteiger partial charge < -0.3 is 5.73 Å². The van der Waals surface area contributed by atoms with E-state index in [1.807, 2.05) is 39.1 Å². The molecule has 0 bridgehead atoms. The molecule has 9 heteroatoms. The number of fused-ring (bicyclic) bond motifs is 3. The van der Waals surface area contributed by atoms with Crippen molar-refractivity contribution in [2.75, 3.05) is 5.73 Å². The van der Waals surface area contributed by atoms with Crippen molar-refractivity contribution in [2.24, 2.45) is 14.1 Å². The summed E-state index contributed by atoms with van der Waals surface area (Å²) in [5, 5.41) is 5.25. The van der Waals surface area contributed by atoms with E-state index in [9.17, 15) is 9.18 Å². The van der Waals surface area contributed by atoms with Gasteiger partial charge in [0.25, 0.3) is 0 Å². The van der Waals surface area contributed by atoms with Crippen molar-refractivity contribution in [3.8, 4) is 16.8 Å². The molecule has 0 aliphatic heterocycles. The van der Waals surface area contributed by atoms with E-state index in [-0.39, 0.29) is 11.5 Å². The molecule has 1 aromatic carbocycles. The Morgan fingerprint density at radius 2 is 1.81 bits per heavy atom. The summed E-state index contributed by atoms with van der Waals surface area (Å²) in [7, 11) is 3.57. The smallest absolute Gasteiger partial charge is 0.333 e. The number of hydrogen-bond donors (Lipinski definition) is 1. The zero-order valence-corrected chi connectivity index (χ0v) is 17.5. The lowest BCUT2D eigenvalue weighted by Gasteiger charge is -2.09. The summed E-state index contributed by atoms with van der Waals surface area (Å²) in [6.07, 6.45) is 3.22. The summed E-state index contributed by atoms with van der Waals surface area (Å²) >= 11 is 0. The maximum Gasteiger partial charge on any atom is 0.333 e. The van der Waals surface area contributed by atoms with Crippen LogP contribution in [0.3, 0.4) is 0 Å². The number of hydrogen-bond acceptors (Lipinski definition) is 5. The maximum atomic E-state index is 14.0. The van der Waals surface area contributed by atoms with Gasteiger partial charge in [0.05, 0.1) is 39.8 Å². The van der Waals surface area contributed by atoms with Crippen LogP contribution in [0, 0.1) is 19.7 Å². The summed E-state index contributed by atoms with van der Waals surface area (Å²) < 4.78 is 19.0. The molecule has 4 heterocycles. The number of aromatic nitrogens is 6. The van der Waals surface area contributed by atoms with Crippen LogP contribution in [0.25, 0.3) is 38.8 Å². The van der Waals surface area contributed by atoms with Crippen molar-refractivity contribution in [1.82, 2.24) is 28.9 Å². The molecular formula is C22H20FN7O. The zero-order valence-electron chi connectivity index (χ0n) is 17.5. The number of nitrogens with two attached hydrogens (primary N) is 1. The van der Waals surface area contributed by atoms with E-state index in [4.69, 9.17) is 5.73 Å². The van der Waals surface area contributed by atoms with E-state index >= 15 is 0 Å². The SMILES string of the molecule is Cc1nn(C)c(C)c1-n1c(=O)n(C)c2cnc3ccc(-c4cnc(N)c(F)c4)cc3c21. The lowest BCUT2D eigenvalue weighted by Crippen LogP contribution is -2.21. The fourth-order valence-corrected chi connectivity index (χ4v) is 4.08. The highest BCUT2D eigenvalue weighted by atomic mass is 19.1. The Morgan fingerprint density at radius 1 is 1.03 bits per heavy atom. The number of aryl methyl sites for hydroxylation is 3. The maximum absolute atomic E-state index is 14.0. The number of nitrogens with zero attached hydrogens (tertiary/aromatic N) is 6. The molecule has 0 saturated heterocycles. The lowest BCUT2D eigenvalue weighted by molar-refractivity contribution is 0.628. The Morgan fingerprint density at radius 3 is 2.48 bits per heavy atom. The molecule has 0 atom stereocenters. The number of anilines is 1. The lowest BCUT2D eigenvalue weighted by atomic mass is 10.0. The molecule has 2 N–H and O–H groups in total. The van der Waals surface area contributed by atoms with Crippen LogP contribution >= 0.6 is 0 Å². The minimum atomic E-state index is -0.577. The van der Waals surface area contributed by atoms with Crippen LogP contribution in [-0.4, -0.2) is 28.9 Å². The zero-order chi connectivity index (χ0) is 22.0. The first-order valence-electron chi connectivity index (χ1n) is 9.70. The van der Waals surface area contributed by atoms with Crippen molar-refractivity contribution in [3.05, 3.63) is 64.3 Å². The highest BCUT2D eigenvalue weighted by Gasteiger charge is 2.21. The molecule has 0 aliphatic rings. The van der Waals surface area contributed by atoms with Gasteiger partial charge in [-0.2, -0.15) is 5.10 Å². The van der Waals surface area contributed by atoms with Gasteiger partial charge in [0.15, 0.2) is 11.6 Å². The second-order valence-electron chi connectivity index (χ2n) is 7.64. The Kier molecular flexibility index (Phi) is 3.98. The number of nitrogen functional groups attached to an aromatic ring is 1. The summed E-state index contributed by atoms with van der Waals surface area (Å²) in [4.78, 5) is 21.7. The fourth-order valence-electron chi connectivity index (χ4n) is 4.08. The molecule has 5 aromatic rings. The monoisotopic (exact) mass is 417 g/mol. The summed E-state index contributed by atoms with van der Waals surface area (Å²) in [6.45, 7) is 3.81. The Bertz CT molecular complexity index is 1580. The molecule has 156 valence electrons. The standard InChI is InChI=1S/C22H20FN7O/c1-11-19(12(2)29(4)27-11)30-20-15-7-13(14-8-16(23)21(24)26-9-14)5-6-17(15)25-10-18(20)28(3)22(30)31/h5-10H,1-4H3,(H2,24,26). The van der Waals surface area contributed by atoms with Gasteiger partial charge in [-0.3, -0.25) is 18.8 Å². The topological polar surface area (TPSA) is 96.5 Å². The third-order valence-corrected chi connectivity index (χ3v) is 5.78. The average Bonchev–Trinajstić information content (AvgIpc) is 3.15. The fraction of sp³-hybridized carbons (Fsp3) is 0.182. The Labute approximate surface area is 176 Å². The minimum Gasteiger partial charge on any atom is -0.381 e. The Hall–Kier alpha value is -4.01. The first kappa shape index (κ1) is 19.0. The largest absolute Gasteiger partial charge is 0.381 e. The van der Waals surface area contributed by atoms with Crippen LogP contribution in [-0.2, 0) is 14.1 Å². The molecule has 0 fully saturated rings. The molecule has 0 radical (unpaired) electrons. The predicted octanol–water partition coefficient (Wildman–Crippen LogP) is 3.01. The van der Waals surface area contributed by atoms with Gasteiger partial charge in [-0.25, -0.2) is 14.2 Å². The summed E-state index contributed by atoms with van der Waals surface area (Å²) in [5.74, 6) is -0.722. The third kappa shape index (κ3) is 2.66. The first-order chi connectivity index (χ1) is 14.8. The van der Waals surface area contributed by atoms with Gasteiger partial charge in [0.2, 0.25) is 0 Å². The van der Waals surface area contributed by atoms with Crippen LogP contribution in [0.5, 0.6) is 0 Å². The van der Waals surface area contributed by atoms with Gasteiger partial charge in [0, 0.05) is 31.2 Å². The molecule has 0 amide bonds. The summed E-state index contributed by atoms with van der Waals surface area (Å²) in [5.41, 5.74) is 11.2. The third-order valence-electron chi connectivity index (χ3n) is 5.78. The van der Waals surface area contributed by atoms with E-state index in [0.29, 0.717) is 11.1 Å². The second-order valence-corrected chi connectivity index (χ2v) is 7.64. The van der Waals surface area contributed by atoms with Crippen molar-refractivity contribution in [1.29, 1.82) is 0 Å². The number of halogens is 1. The molecule has 4 aromatic heterocycles. The normalized spacial score (nSPS) is 11.6. The van der Waals surface area contributed by atoms with Crippen molar-refractivity contribution < 1.29 is 4.39 Å². The number of pyridine rings is 2. The second kappa shape index (κ2) is 6.49. The Balaban J connectivity index is 1.90. The number of imidazole rings is 1. The highest BCUT2D eigenvalue weighted by molar-refractivity contribution is 6.04. The van der Waals surface area contributed by atoms with E-state index < -0.39 is 5.82 Å². The van der Waals surface area contributed by atoms with E-state index in [1.54, 1.807) is 27.1 Å². The van der Waals surface area contributed by atoms with Gasteiger partial charge in [-0.1, -0.05) is 6.07 Å². The molecule has 31 heavy (non-hydrogen) atoms.